The molecule has 0 saturated carbocycles. The predicted molar refractivity (Wildman–Crippen MR) is 122 cm³/mol. The molecular formula is C26H35NO4. The van der Waals surface area contributed by atoms with E-state index in [-0.39, 0.29) is 5.91 Å². The van der Waals surface area contributed by atoms with Crippen LogP contribution in [0, 0.1) is 5.92 Å². The van der Waals surface area contributed by atoms with Crippen molar-refractivity contribution in [3.05, 3.63) is 65.7 Å². The zero-order valence-corrected chi connectivity index (χ0v) is 19.1. The average molecular weight is 426 g/mol. The molecule has 1 amide bonds. The lowest BCUT2D eigenvalue weighted by molar-refractivity contribution is -0.148. The summed E-state index contributed by atoms with van der Waals surface area (Å²) >= 11 is 0. The maximum Gasteiger partial charge on any atom is 0.235 e. The lowest BCUT2D eigenvalue weighted by atomic mass is 9.77. The Kier molecular flexibility index (Phi) is 7.39. The number of aliphatic hydroxyl groups is 1. The number of ether oxygens (including phenoxy) is 2. The molecule has 0 spiro atoms. The number of hydrogen-bond acceptors (Lipinski definition) is 4. The maximum atomic E-state index is 13.4. The van der Waals surface area contributed by atoms with Gasteiger partial charge in [0.25, 0.3) is 0 Å². The van der Waals surface area contributed by atoms with Crippen LogP contribution in [0.2, 0.25) is 0 Å². The molecule has 2 N–H and O–H groups in total. The van der Waals surface area contributed by atoms with Crippen molar-refractivity contribution >= 4 is 5.91 Å². The summed E-state index contributed by atoms with van der Waals surface area (Å²) < 4.78 is 11.3. The molecule has 2 atom stereocenters. The normalized spacial score (nSPS) is 17.3. The third-order valence-electron chi connectivity index (χ3n) is 5.97. The summed E-state index contributed by atoms with van der Waals surface area (Å²) in [5.74, 6) is 1.17. The Morgan fingerprint density at radius 2 is 1.81 bits per heavy atom. The van der Waals surface area contributed by atoms with E-state index in [0.29, 0.717) is 25.7 Å². The largest absolute Gasteiger partial charge is 0.493 e. The summed E-state index contributed by atoms with van der Waals surface area (Å²) in [4.78, 5) is 13.4. The average Bonchev–Trinajstić information content (AvgIpc) is 2.70. The molecule has 0 aromatic heterocycles. The monoisotopic (exact) mass is 425 g/mol. The van der Waals surface area contributed by atoms with E-state index in [4.69, 9.17) is 9.47 Å². The highest BCUT2D eigenvalue weighted by Gasteiger charge is 2.48. The van der Waals surface area contributed by atoms with Crippen LogP contribution in [0.3, 0.4) is 0 Å². The Morgan fingerprint density at radius 3 is 2.32 bits per heavy atom. The van der Waals surface area contributed by atoms with Gasteiger partial charge in [-0.1, -0.05) is 62.7 Å². The molecule has 168 valence electrons. The number of nitrogens with one attached hydrogen (secondary N) is 1. The molecule has 1 unspecified atom stereocenters. The number of rotatable bonds is 10. The van der Waals surface area contributed by atoms with Crippen LogP contribution in [0.1, 0.15) is 57.7 Å². The third-order valence-corrected chi connectivity index (χ3v) is 5.97. The number of carbonyl (C=O) groups is 1. The van der Waals surface area contributed by atoms with E-state index in [9.17, 15) is 9.90 Å². The summed E-state index contributed by atoms with van der Waals surface area (Å²) in [5, 5.41) is 13.9. The Morgan fingerprint density at radius 1 is 1.16 bits per heavy atom. The van der Waals surface area contributed by atoms with Crippen LogP contribution in [-0.2, 0) is 14.9 Å². The van der Waals surface area contributed by atoms with Crippen LogP contribution in [0.5, 0.6) is 5.75 Å². The van der Waals surface area contributed by atoms with Gasteiger partial charge in [-0.25, -0.2) is 0 Å². The minimum Gasteiger partial charge on any atom is -0.493 e. The van der Waals surface area contributed by atoms with Crippen LogP contribution in [0.15, 0.2) is 54.6 Å². The molecule has 5 nitrogen and oxygen atoms in total. The number of carbonyl (C=O) groups excluding carboxylic acids is 1. The van der Waals surface area contributed by atoms with Gasteiger partial charge in [0.2, 0.25) is 5.91 Å². The fraction of sp³-hybridized carbons (Fsp3) is 0.500. The number of amides is 1. The van der Waals surface area contributed by atoms with E-state index in [1.807, 2.05) is 54.6 Å². The van der Waals surface area contributed by atoms with Crippen molar-refractivity contribution in [2.45, 2.75) is 57.6 Å². The first-order valence-corrected chi connectivity index (χ1v) is 11.2. The van der Waals surface area contributed by atoms with E-state index in [1.165, 1.54) is 0 Å². The molecule has 0 aliphatic carbocycles. The van der Waals surface area contributed by atoms with Crippen LogP contribution in [0.25, 0.3) is 0 Å². The molecule has 1 aliphatic rings. The lowest BCUT2D eigenvalue weighted by Crippen LogP contribution is -2.59. The number of benzene rings is 2. The Bertz CT molecular complexity index is 838. The molecule has 1 fully saturated rings. The van der Waals surface area contributed by atoms with Crippen molar-refractivity contribution in [1.82, 2.24) is 5.32 Å². The van der Waals surface area contributed by atoms with Gasteiger partial charge in [0, 0.05) is 0 Å². The van der Waals surface area contributed by atoms with Gasteiger partial charge >= 0.3 is 0 Å². The SMILES string of the molecule is CCCC(C)COc1ccc([C@@H](NC(=O)C2(c3ccccc3)COC2)C(C)(C)O)cc1. The summed E-state index contributed by atoms with van der Waals surface area (Å²) in [5.41, 5.74) is -0.101. The molecular weight excluding hydrogens is 390 g/mol. The zero-order chi connectivity index (χ0) is 22.5. The van der Waals surface area contributed by atoms with Gasteiger partial charge in [-0.05, 0) is 49.4 Å². The smallest absolute Gasteiger partial charge is 0.235 e. The molecule has 0 bridgehead atoms. The molecule has 2 aromatic carbocycles. The standard InChI is InChI=1S/C26H35NO4/c1-5-9-19(2)16-31-22-14-12-20(13-15-22)23(25(3,4)29)27-24(28)26(17-30-18-26)21-10-7-6-8-11-21/h6-8,10-15,19,23,29H,5,9,16-18H2,1-4H3,(H,27,28)/t19?,23-/m1/s1. The van der Waals surface area contributed by atoms with E-state index in [0.717, 1.165) is 29.7 Å². The summed E-state index contributed by atoms with van der Waals surface area (Å²) in [6.07, 6.45) is 2.28. The molecule has 1 saturated heterocycles. The molecule has 1 heterocycles. The van der Waals surface area contributed by atoms with Crippen molar-refractivity contribution in [3.8, 4) is 5.75 Å². The van der Waals surface area contributed by atoms with Crippen LogP contribution in [-0.4, -0.2) is 36.4 Å². The fourth-order valence-electron chi connectivity index (χ4n) is 4.00. The van der Waals surface area contributed by atoms with Gasteiger partial charge < -0.3 is 19.9 Å². The van der Waals surface area contributed by atoms with Crippen molar-refractivity contribution in [2.75, 3.05) is 19.8 Å². The minimum absolute atomic E-state index is 0.134. The summed E-state index contributed by atoms with van der Waals surface area (Å²) in [6, 6.07) is 16.8. The first-order valence-electron chi connectivity index (χ1n) is 11.2. The second kappa shape index (κ2) is 9.84. The van der Waals surface area contributed by atoms with Gasteiger partial charge in [-0.15, -0.1) is 0 Å². The van der Waals surface area contributed by atoms with Gasteiger partial charge in [0.05, 0.1) is 31.5 Å². The highest BCUT2D eigenvalue weighted by molar-refractivity contribution is 5.90. The van der Waals surface area contributed by atoms with E-state index >= 15 is 0 Å². The third kappa shape index (κ3) is 5.46. The minimum atomic E-state index is -1.14. The van der Waals surface area contributed by atoms with Gasteiger partial charge in [0.15, 0.2) is 0 Å². The summed E-state index contributed by atoms with van der Waals surface area (Å²) in [7, 11) is 0. The molecule has 2 aromatic rings. The fourth-order valence-corrected chi connectivity index (χ4v) is 4.00. The molecule has 1 aliphatic heterocycles. The zero-order valence-electron chi connectivity index (χ0n) is 19.1. The van der Waals surface area contributed by atoms with E-state index in [1.54, 1.807) is 13.8 Å². The van der Waals surface area contributed by atoms with Gasteiger partial charge in [-0.2, -0.15) is 0 Å². The van der Waals surface area contributed by atoms with E-state index < -0.39 is 17.1 Å². The second-order valence-electron chi connectivity index (χ2n) is 9.27. The molecule has 5 heteroatoms. The molecule has 31 heavy (non-hydrogen) atoms. The Hall–Kier alpha value is -2.37. The maximum absolute atomic E-state index is 13.4. The first-order chi connectivity index (χ1) is 14.8. The second-order valence-corrected chi connectivity index (χ2v) is 9.27. The highest BCUT2D eigenvalue weighted by Crippen LogP contribution is 2.35. The Labute approximate surface area is 185 Å². The van der Waals surface area contributed by atoms with Crippen LogP contribution >= 0.6 is 0 Å². The molecule has 3 rings (SSSR count). The topological polar surface area (TPSA) is 67.8 Å². The Balaban J connectivity index is 1.74. The van der Waals surface area contributed by atoms with Crippen molar-refractivity contribution in [3.63, 3.8) is 0 Å². The number of hydrogen-bond donors (Lipinski definition) is 2. The van der Waals surface area contributed by atoms with Gasteiger partial charge in [0.1, 0.15) is 11.2 Å². The molecule has 0 radical (unpaired) electrons. The van der Waals surface area contributed by atoms with Crippen LogP contribution in [0.4, 0.5) is 0 Å². The quantitative estimate of drug-likeness (QED) is 0.592. The van der Waals surface area contributed by atoms with Crippen LogP contribution < -0.4 is 10.1 Å². The van der Waals surface area contributed by atoms with E-state index in [2.05, 4.69) is 19.2 Å². The van der Waals surface area contributed by atoms with Gasteiger partial charge in [-0.3, -0.25) is 4.79 Å². The highest BCUT2D eigenvalue weighted by atomic mass is 16.5. The predicted octanol–water partition coefficient (Wildman–Crippen LogP) is 4.40. The lowest BCUT2D eigenvalue weighted by Gasteiger charge is -2.42. The van der Waals surface area contributed by atoms with Crippen molar-refractivity contribution < 1.29 is 19.4 Å². The summed E-state index contributed by atoms with van der Waals surface area (Å²) in [6.45, 7) is 9.13. The van der Waals surface area contributed by atoms with Crippen molar-refractivity contribution in [1.29, 1.82) is 0 Å². The van der Waals surface area contributed by atoms with Crippen molar-refractivity contribution in [2.24, 2.45) is 5.92 Å². The first kappa shape index (κ1) is 23.3.